The van der Waals surface area contributed by atoms with E-state index in [-0.39, 0.29) is 37.3 Å². The molecule has 1 aromatic heterocycles. The van der Waals surface area contributed by atoms with Crippen LogP contribution in [0.4, 0.5) is 5.69 Å². The van der Waals surface area contributed by atoms with Crippen LogP contribution in [0.25, 0.3) is 0 Å². The number of pyridine rings is 1. The number of carbonyl (C=O) groups is 2. The summed E-state index contributed by atoms with van der Waals surface area (Å²) >= 11 is 0. The van der Waals surface area contributed by atoms with E-state index < -0.39 is 22.2 Å². The molecule has 3 atom stereocenters. The summed E-state index contributed by atoms with van der Waals surface area (Å²) in [6.07, 6.45) is 3.63. The number of hydrogen-bond donors (Lipinski definition) is 2. The number of aliphatic hydroxyl groups excluding tert-OH is 1. The smallest absolute Gasteiger partial charge is 0.255 e. The lowest BCUT2D eigenvalue weighted by atomic mass is 10.0. The topological polar surface area (TPSA) is 129 Å². The molecule has 1 aliphatic heterocycles. The molecule has 3 rings (SSSR count). The molecule has 11 heteroatoms. The minimum absolute atomic E-state index is 0.00000350. The number of carbonyl (C=O) groups excluding carboxylic acids is 2. The second-order valence-electron chi connectivity index (χ2n) is 8.94. The van der Waals surface area contributed by atoms with Crippen LogP contribution in [0, 0.1) is 5.92 Å². The molecule has 0 aliphatic carbocycles. The quantitative estimate of drug-likeness (QED) is 0.583. The number of nitrogens with one attached hydrogen (secondary N) is 1. The maximum Gasteiger partial charge on any atom is 0.255 e. The highest BCUT2D eigenvalue weighted by atomic mass is 32.2. The number of nitrogens with zero attached hydrogens (tertiary/aromatic N) is 3. The minimum atomic E-state index is -3.44. The van der Waals surface area contributed by atoms with Crippen LogP contribution in [0.1, 0.15) is 29.8 Å². The van der Waals surface area contributed by atoms with Crippen molar-refractivity contribution >= 4 is 27.5 Å². The molecule has 2 heterocycles. The minimum Gasteiger partial charge on any atom is -0.488 e. The average molecular weight is 505 g/mol. The predicted octanol–water partition coefficient (Wildman–Crippen LogP) is 1.37. The number of benzene rings is 1. The highest BCUT2D eigenvalue weighted by Crippen LogP contribution is 2.29. The fraction of sp³-hybridized carbons (Fsp3) is 0.458. The van der Waals surface area contributed by atoms with Crippen molar-refractivity contribution in [1.29, 1.82) is 0 Å². The lowest BCUT2D eigenvalue weighted by molar-refractivity contribution is -0.134. The molecule has 1 aromatic carbocycles. The highest BCUT2D eigenvalue weighted by Gasteiger charge is 2.32. The van der Waals surface area contributed by atoms with Gasteiger partial charge >= 0.3 is 0 Å². The van der Waals surface area contributed by atoms with Crippen molar-refractivity contribution in [1.82, 2.24) is 14.2 Å². The summed E-state index contributed by atoms with van der Waals surface area (Å²) in [5.41, 5.74) is 1.48. The number of likely N-dealkylation sites (N-methyl/N-ethyl adjacent to an activating group) is 1. The molecule has 0 radical (unpaired) electrons. The Balaban J connectivity index is 1.96. The summed E-state index contributed by atoms with van der Waals surface area (Å²) in [6.45, 7) is 3.83. The molecule has 0 fully saturated rings. The lowest BCUT2D eigenvalue weighted by Crippen LogP contribution is -2.48. The largest absolute Gasteiger partial charge is 0.488 e. The molecule has 0 saturated carbocycles. The normalized spacial score (nSPS) is 19.7. The summed E-state index contributed by atoms with van der Waals surface area (Å²) in [6, 6.07) is 7.80. The highest BCUT2D eigenvalue weighted by molar-refractivity contribution is 7.88. The maximum absolute atomic E-state index is 13.2. The van der Waals surface area contributed by atoms with Crippen LogP contribution in [0.3, 0.4) is 0 Å². The third-order valence-corrected chi connectivity index (χ3v) is 7.40. The SMILES string of the molecule is C[C@@H]1CN([C@H](C)CO)C(=O)Cc2cc(NC(=O)c3ccncc3)ccc2O[C@@H]1CN(C)S(C)(=O)=O. The van der Waals surface area contributed by atoms with Gasteiger partial charge in [0, 0.05) is 48.7 Å². The predicted molar refractivity (Wildman–Crippen MR) is 132 cm³/mol. The van der Waals surface area contributed by atoms with E-state index in [0.717, 1.165) is 6.26 Å². The van der Waals surface area contributed by atoms with E-state index in [9.17, 15) is 23.1 Å². The van der Waals surface area contributed by atoms with Crippen molar-refractivity contribution < 1.29 is 27.9 Å². The van der Waals surface area contributed by atoms with Gasteiger partial charge < -0.3 is 20.1 Å². The number of anilines is 1. The summed E-state index contributed by atoms with van der Waals surface area (Å²) in [5.74, 6) is -0.302. The van der Waals surface area contributed by atoms with Crippen molar-refractivity contribution in [2.45, 2.75) is 32.4 Å². The Hall–Kier alpha value is -3.02. The Morgan fingerprint density at radius 3 is 2.63 bits per heavy atom. The van der Waals surface area contributed by atoms with E-state index in [1.165, 1.54) is 23.7 Å². The van der Waals surface area contributed by atoms with Crippen molar-refractivity contribution in [3.63, 3.8) is 0 Å². The number of sulfonamides is 1. The Labute approximate surface area is 206 Å². The molecule has 2 aromatic rings. The fourth-order valence-corrected chi connectivity index (χ4v) is 4.24. The fourth-order valence-electron chi connectivity index (χ4n) is 3.82. The first-order valence-electron chi connectivity index (χ1n) is 11.3. The maximum atomic E-state index is 13.2. The molecule has 0 saturated heterocycles. The van der Waals surface area contributed by atoms with Crippen LogP contribution in [-0.4, -0.2) is 84.7 Å². The van der Waals surface area contributed by atoms with Crippen LogP contribution in [-0.2, 0) is 21.2 Å². The summed E-state index contributed by atoms with van der Waals surface area (Å²) < 4.78 is 31.6. The zero-order valence-electron chi connectivity index (χ0n) is 20.3. The molecule has 2 amide bonds. The molecular formula is C24H32N4O6S. The molecule has 0 bridgehead atoms. The zero-order chi connectivity index (χ0) is 25.8. The van der Waals surface area contributed by atoms with Crippen LogP contribution in [0.2, 0.25) is 0 Å². The van der Waals surface area contributed by atoms with Crippen molar-refractivity contribution in [3.05, 3.63) is 53.9 Å². The van der Waals surface area contributed by atoms with Gasteiger partial charge in [0.05, 0.1) is 31.9 Å². The molecule has 2 N–H and O–H groups in total. The third-order valence-electron chi connectivity index (χ3n) is 6.12. The van der Waals surface area contributed by atoms with Gasteiger partial charge in [-0.15, -0.1) is 0 Å². The van der Waals surface area contributed by atoms with Crippen LogP contribution >= 0.6 is 0 Å². The van der Waals surface area contributed by atoms with Crippen LogP contribution in [0.5, 0.6) is 5.75 Å². The summed E-state index contributed by atoms with van der Waals surface area (Å²) in [5, 5.41) is 12.5. The molecule has 10 nitrogen and oxygen atoms in total. The van der Waals surface area contributed by atoms with E-state index in [1.807, 2.05) is 6.92 Å². The number of rotatable bonds is 7. The molecule has 0 spiro atoms. The standard InChI is InChI=1S/C24H32N4O6S/c1-16-13-28(17(2)15-29)23(30)12-19-11-20(26-24(31)18-7-9-25-10-8-18)5-6-21(19)34-22(16)14-27(3)35(4,32)33/h5-11,16-17,22,29H,12-15H2,1-4H3,(H,26,31)/t16-,17-,22-/m1/s1. The Morgan fingerprint density at radius 1 is 1.31 bits per heavy atom. The van der Waals surface area contributed by atoms with Gasteiger partial charge in [0.15, 0.2) is 0 Å². The van der Waals surface area contributed by atoms with E-state index >= 15 is 0 Å². The number of aliphatic hydroxyl groups is 1. The van der Waals surface area contributed by atoms with Crippen molar-refractivity contribution in [2.75, 3.05) is 38.3 Å². The van der Waals surface area contributed by atoms with E-state index in [4.69, 9.17) is 4.74 Å². The molecule has 35 heavy (non-hydrogen) atoms. The van der Waals surface area contributed by atoms with E-state index in [2.05, 4.69) is 10.3 Å². The van der Waals surface area contributed by atoms with Gasteiger partial charge in [-0.1, -0.05) is 6.92 Å². The number of hydrogen-bond acceptors (Lipinski definition) is 7. The number of aromatic nitrogens is 1. The molecule has 0 unspecified atom stereocenters. The van der Waals surface area contributed by atoms with Gasteiger partial charge in [-0.25, -0.2) is 12.7 Å². The summed E-state index contributed by atoms with van der Waals surface area (Å²) in [7, 11) is -1.96. The van der Waals surface area contributed by atoms with Gasteiger partial charge in [-0.3, -0.25) is 14.6 Å². The van der Waals surface area contributed by atoms with Gasteiger partial charge in [-0.2, -0.15) is 0 Å². The number of fused-ring (bicyclic) bond motifs is 1. The molecule has 190 valence electrons. The lowest BCUT2D eigenvalue weighted by Gasteiger charge is -2.33. The number of amides is 2. The average Bonchev–Trinajstić information content (AvgIpc) is 2.86. The van der Waals surface area contributed by atoms with E-state index in [0.29, 0.717) is 29.1 Å². The van der Waals surface area contributed by atoms with Crippen LogP contribution < -0.4 is 10.1 Å². The first-order valence-corrected chi connectivity index (χ1v) is 13.2. The first-order chi connectivity index (χ1) is 16.5. The van der Waals surface area contributed by atoms with Gasteiger partial charge in [0.25, 0.3) is 5.91 Å². The van der Waals surface area contributed by atoms with Gasteiger partial charge in [0.1, 0.15) is 11.9 Å². The van der Waals surface area contributed by atoms with Gasteiger partial charge in [-0.05, 0) is 37.3 Å². The van der Waals surface area contributed by atoms with Crippen molar-refractivity contribution in [3.8, 4) is 5.75 Å². The second-order valence-corrected chi connectivity index (χ2v) is 11.0. The molecule has 1 aliphatic rings. The Morgan fingerprint density at radius 2 is 2.00 bits per heavy atom. The number of ether oxygens (including phenoxy) is 1. The zero-order valence-corrected chi connectivity index (χ0v) is 21.2. The first kappa shape index (κ1) is 26.6. The second kappa shape index (κ2) is 11.1. The Kier molecular flexibility index (Phi) is 8.47. The third kappa shape index (κ3) is 6.77. The van der Waals surface area contributed by atoms with Gasteiger partial charge in [0.2, 0.25) is 15.9 Å². The monoisotopic (exact) mass is 504 g/mol. The van der Waals surface area contributed by atoms with Crippen LogP contribution in [0.15, 0.2) is 42.7 Å². The molecular weight excluding hydrogens is 472 g/mol. The van der Waals surface area contributed by atoms with Crippen molar-refractivity contribution in [2.24, 2.45) is 5.92 Å². The summed E-state index contributed by atoms with van der Waals surface area (Å²) in [4.78, 5) is 31.3. The Bertz CT molecular complexity index is 1160. The van der Waals surface area contributed by atoms with E-state index in [1.54, 1.807) is 42.2 Å².